The molecule has 1 N–H and O–H groups in total. The minimum Gasteiger partial charge on any atom is -0.480 e. The van der Waals surface area contributed by atoms with Crippen LogP contribution in [0.15, 0.2) is 47.6 Å². The lowest BCUT2D eigenvalue weighted by Crippen LogP contribution is -2.39. The molecule has 1 saturated heterocycles. The van der Waals surface area contributed by atoms with Crippen LogP contribution in [0.3, 0.4) is 0 Å². The smallest absolute Gasteiger partial charge is 0.317 e. The first kappa shape index (κ1) is 24.3. The van der Waals surface area contributed by atoms with Gasteiger partial charge in [0.2, 0.25) is 0 Å². The topological polar surface area (TPSA) is 76.5 Å². The first-order chi connectivity index (χ1) is 16.5. The standard InChI is InChI=1S/C26H32N4O3S/c1-3-24-23-16-22(9-8-20(23)10-11-29(24)18-25(31)32)28(2)26(33)21-6-4-19(5-7-21)17-27-30-12-14-34-15-13-30/h4-9,16-17,24H,3,10-15,18H2,1-2H3,(H,31,32). The number of fused-ring (bicyclic) bond motifs is 1. The Bertz CT molecular complexity index is 1050. The Morgan fingerprint density at radius 3 is 2.56 bits per heavy atom. The lowest BCUT2D eigenvalue weighted by Gasteiger charge is -2.36. The fourth-order valence-corrected chi connectivity index (χ4v) is 5.51. The van der Waals surface area contributed by atoms with Gasteiger partial charge in [0.05, 0.1) is 12.8 Å². The lowest BCUT2D eigenvalue weighted by molar-refractivity contribution is -0.139. The van der Waals surface area contributed by atoms with Crippen LogP contribution >= 0.6 is 11.8 Å². The molecule has 1 amide bonds. The molecule has 180 valence electrons. The highest BCUT2D eigenvalue weighted by Gasteiger charge is 2.28. The molecule has 0 bridgehead atoms. The number of carbonyl (C=O) groups is 2. The van der Waals surface area contributed by atoms with E-state index in [-0.39, 0.29) is 18.5 Å². The molecule has 0 aliphatic carbocycles. The number of nitrogens with zero attached hydrogens (tertiary/aromatic N) is 4. The summed E-state index contributed by atoms with van der Waals surface area (Å²) in [5.74, 6) is 1.32. The highest BCUT2D eigenvalue weighted by Crippen LogP contribution is 2.34. The molecule has 1 fully saturated rings. The molecule has 2 aliphatic rings. The Labute approximate surface area is 205 Å². The summed E-state index contributed by atoms with van der Waals surface area (Å²) >= 11 is 1.95. The van der Waals surface area contributed by atoms with Crippen molar-refractivity contribution in [3.8, 4) is 0 Å². The number of carboxylic acid groups (broad SMARTS) is 1. The molecule has 2 aromatic rings. The summed E-state index contributed by atoms with van der Waals surface area (Å²) < 4.78 is 0. The number of thioether (sulfide) groups is 1. The minimum atomic E-state index is -0.811. The van der Waals surface area contributed by atoms with Gasteiger partial charge in [0.15, 0.2) is 0 Å². The van der Waals surface area contributed by atoms with E-state index in [1.165, 1.54) is 5.56 Å². The van der Waals surface area contributed by atoms with Crippen molar-refractivity contribution in [3.63, 3.8) is 0 Å². The van der Waals surface area contributed by atoms with Crippen molar-refractivity contribution in [2.45, 2.75) is 25.8 Å². The van der Waals surface area contributed by atoms with Crippen molar-refractivity contribution >= 4 is 35.5 Å². The lowest BCUT2D eigenvalue weighted by atomic mass is 9.90. The van der Waals surface area contributed by atoms with E-state index in [9.17, 15) is 14.7 Å². The van der Waals surface area contributed by atoms with Crippen LogP contribution in [0.2, 0.25) is 0 Å². The summed E-state index contributed by atoms with van der Waals surface area (Å²) in [7, 11) is 1.78. The zero-order valence-corrected chi connectivity index (χ0v) is 20.6. The van der Waals surface area contributed by atoms with Crippen molar-refractivity contribution in [2.75, 3.05) is 49.6 Å². The molecular weight excluding hydrogens is 448 g/mol. The number of hydrogen-bond acceptors (Lipinski definition) is 6. The van der Waals surface area contributed by atoms with E-state index >= 15 is 0 Å². The molecule has 2 aliphatic heterocycles. The number of carboxylic acids is 1. The highest BCUT2D eigenvalue weighted by molar-refractivity contribution is 7.99. The maximum Gasteiger partial charge on any atom is 0.317 e. The molecule has 1 atom stereocenters. The van der Waals surface area contributed by atoms with E-state index in [0.29, 0.717) is 5.56 Å². The Balaban J connectivity index is 1.47. The van der Waals surface area contributed by atoms with Crippen molar-refractivity contribution < 1.29 is 14.7 Å². The maximum atomic E-state index is 13.2. The number of anilines is 1. The zero-order valence-electron chi connectivity index (χ0n) is 19.8. The molecule has 0 aromatic heterocycles. The third kappa shape index (κ3) is 5.62. The van der Waals surface area contributed by atoms with Gasteiger partial charge in [-0.05, 0) is 53.8 Å². The number of benzene rings is 2. The molecular formula is C26H32N4O3S. The van der Waals surface area contributed by atoms with E-state index in [1.807, 2.05) is 59.3 Å². The van der Waals surface area contributed by atoms with Gasteiger partial charge in [0, 0.05) is 55.5 Å². The Morgan fingerprint density at radius 1 is 1.15 bits per heavy atom. The van der Waals surface area contributed by atoms with Gasteiger partial charge >= 0.3 is 5.97 Å². The van der Waals surface area contributed by atoms with Crippen molar-refractivity contribution in [2.24, 2.45) is 5.10 Å². The van der Waals surface area contributed by atoms with Crippen molar-refractivity contribution in [1.82, 2.24) is 9.91 Å². The molecule has 2 aromatic carbocycles. The normalized spacial score (nSPS) is 18.6. The summed E-state index contributed by atoms with van der Waals surface area (Å²) in [6.45, 7) is 4.78. The Morgan fingerprint density at radius 2 is 1.88 bits per heavy atom. The van der Waals surface area contributed by atoms with Gasteiger partial charge in [-0.1, -0.05) is 25.1 Å². The second-order valence-electron chi connectivity index (χ2n) is 8.72. The fourth-order valence-electron chi connectivity index (χ4n) is 4.63. The fraction of sp³-hybridized carbons (Fsp3) is 0.423. The van der Waals surface area contributed by atoms with E-state index < -0.39 is 5.97 Å². The van der Waals surface area contributed by atoms with Crippen LogP contribution in [-0.4, -0.2) is 77.8 Å². The zero-order chi connectivity index (χ0) is 24.1. The molecule has 4 rings (SSSR count). The minimum absolute atomic E-state index is 0.0311. The van der Waals surface area contributed by atoms with E-state index in [2.05, 4.69) is 23.1 Å². The third-order valence-electron chi connectivity index (χ3n) is 6.53. The highest BCUT2D eigenvalue weighted by atomic mass is 32.2. The predicted molar refractivity (Wildman–Crippen MR) is 138 cm³/mol. The summed E-state index contributed by atoms with van der Waals surface area (Å²) in [6.07, 6.45) is 3.49. The average molecular weight is 481 g/mol. The molecule has 8 heteroatoms. The molecule has 0 radical (unpaired) electrons. The predicted octanol–water partition coefficient (Wildman–Crippen LogP) is 3.74. The molecule has 2 heterocycles. The third-order valence-corrected chi connectivity index (χ3v) is 7.47. The van der Waals surface area contributed by atoms with Crippen LogP contribution in [0.4, 0.5) is 5.69 Å². The number of rotatable bonds is 7. The van der Waals surface area contributed by atoms with Gasteiger partial charge in [0.1, 0.15) is 0 Å². The van der Waals surface area contributed by atoms with Crippen molar-refractivity contribution in [3.05, 3.63) is 64.7 Å². The van der Waals surface area contributed by atoms with Gasteiger partial charge in [0.25, 0.3) is 5.91 Å². The monoisotopic (exact) mass is 480 g/mol. The quantitative estimate of drug-likeness (QED) is 0.609. The second kappa shape index (κ2) is 11.1. The van der Waals surface area contributed by atoms with Crippen LogP contribution in [0.5, 0.6) is 0 Å². The second-order valence-corrected chi connectivity index (χ2v) is 9.94. The number of hydrazone groups is 1. The Kier molecular flexibility index (Phi) is 7.90. The van der Waals surface area contributed by atoms with E-state index in [4.69, 9.17) is 0 Å². The van der Waals surface area contributed by atoms with Crippen LogP contribution in [0, 0.1) is 0 Å². The molecule has 34 heavy (non-hydrogen) atoms. The largest absolute Gasteiger partial charge is 0.480 e. The first-order valence-electron chi connectivity index (χ1n) is 11.8. The SMILES string of the molecule is CCC1c2cc(N(C)C(=O)c3ccc(C=NN4CCSCC4)cc3)ccc2CCN1CC(=O)O. The van der Waals surface area contributed by atoms with Crippen LogP contribution in [0.1, 0.15) is 46.4 Å². The van der Waals surface area contributed by atoms with Crippen molar-refractivity contribution in [1.29, 1.82) is 0 Å². The van der Waals surface area contributed by atoms with Gasteiger partial charge in [-0.2, -0.15) is 16.9 Å². The summed E-state index contributed by atoms with van der Waals surface area (Å²) in [5.41, 5.74) is 4.75. The van der Waals surface area contributed by atoms with Gasteiger partial charge in [-0.15, -0.1) is 0 Å². The number of carbonyl (C=O) groups excluding carboxylic acids is 1. The number of aliphatic carboxylic acids is 1. The molecule has 1 unspecified atom stereocenters. The molecule has 0 spiro atoms. The van der Waals surface area contributed by atoms with Crippen LogP contribution in [0.25, 0.3) is 0 Å². The van der Waals surface area contributed by atoms with Gasteiger partial charge in [-0.3, -0.25) is 19.5 Å². The van der Waals surface area contributed by atoms with Gasteiger partial charge < -0.3 is 10.0 Å². The van der Waals surface area contributed by atoms with E-state index in [1.54, 1.807) is 11.9 Å². The summed E-state index contributed by atoms with van der Waals surface area (Å²) in [5, 5.41) is 15.9. The average Bonchev–Trinajstić information content (AvgIpc) is 2.86. The number of hydrogen-bond donors (Lipinski definition) is 1. The Hall–Kier alpha value is -2.84. The maximum absolute atomic E-state index is 13.2. The van der Waals surface area contributed by atoms with E-state index in [0.717, 1.165) is 60.8 Å². The molecule has 7 nitrogen and oxygen atoms in total. The first-order valence-corrected chi connectivity index (χ1v) is 12.9. The molecule has 0 saturated carbocycles. The summed E-state index contributed by atoms with van der Waals surface area (Å²) in [6, 6.07) is 13.7. The van der Waals surface area contributed by atoms with Crippen LogP contribution in [-0.2, 0) is 11.2 Å². The number of amides is 1. The summed E-state index contributed by atoms with van der Waals surface area (Å²) in [4.78, 5) is 28.2. The van der Waals surface area contributed by atoms with Gasteiger partial charge in [-0.25, -0.2) is 0 Å². The van der Waals surface area contributed by atoms with Crippen LogP contribution < -0.4 is 4.90 Å².